The van der Waals surface area contributed by atoms with Crippen molar-refractivity contribution in [1.29, 1.82) is 0 Å². The lowest BCUT2D eigenvalue weighted by Crippen LogP contribution is -1.81. The first kappa shape index (κ1) is 8.62. The van der Waals surface area contributed by atoms with Crippen LogP contribution in [0.1, 0.15) is 5.56 Å². The van der Waals surface area contributed by atoms with Crippen molar-refractivity contribution in [2.24, 2.45) is 0 Å². The molecular formula is C7H5Cl2FO. The molecule has 0 saturated heterocycles. The molecule has 0 aromatic heterocycles. The molecule has 0 aliphatic heterocycles. The first-order valence-corrected chi connectivity index (χ1v) is 3.63. The normalized spacial score (nSPS) is 10.1. The second-order valence-corrected chi connectivity index (χ2v) is 2.87. The molecule has 1 rings (SSSR count). The van der Waals surface area contributed by atoms with E-state index in [1.165, 1.54) is 12.1 Å². The quantitative estimate of drug-likeness (QED) is 0.729. The molecule has 0 atom stereocenters. The van der Waals surface area contributed by atoms with E-state index in [-0.39, 0.29) is 16.3 Å². The van der Waals surface area contributed by atoms with Gasteiger partial charge in [0.25, 0.3) is 0 Å². The fourth-order valence-corrected chi connectivity index (χ4v) is 1.26. The van der Waals surface area contributed by atoms with Crippen LogP contribution in [0.5, 0.6) is 5.75 Å². The van der Waals surface area contributed by atoms with Crippen LogP contribution < -0.4 is 0 Å². The summed E-state index contributed by atoms with van der Waals surface area (Å²) in [4.78, 5) is 0. The lowest BCUT2D eigenvalue weighted by molar-refractivity contribution is 0.433. The van der Waals surface area contributed by atoms with Crippen LogP contribution in [0.2, 0.25) is 10.0 Å². The molecule has 4 heteroatoms. The van der Waals surface area contributed by atoms with E-state index in [4.69, 9.17) is 28.3 Å². The first-order valence-electron chi connectivity index (χ1n) is 2.88. The number of hydrogen-bond acceptors (Lipinski definition) is 1. The summed E-state index contributed by atoms with van der Waals surface area (Å²) in [5.74, 6) is -0.237. The minimum atomic E-state index is -0.772. The minimum Gasteiger partial charge on any atom is -0.506 e. The minimum absolute atomic E-state index is 0.0742. The fourth-order valence-electron chi connectivity index (χ4n) is 0.721. The number of phenolic OH excluding ortho intramolecular Hbond substituents is 1. The van der Waals surface area contributed by atoms with Gasteiger partial charge in [0, 0.05) is 10.6 Å². The number of alkyl halides is 1. The van der Waals surface area contributed by atoms with E-state index in [1.807, 2.05) is 0 Å². The van der Waals surface area contributed by atoms with Gasteiger partial charge in [-0.1, -0.05) is 23.2 Å². The molecule has 0 spiro atoms. The van der Waals surface area contributed by atoms with E-state index in [0.29, 0.717) is 5.02 Å². The highest BCUT2D eigenvalue weighted by Crippen LogP contribution is 2.31. The zero-order valence-electron chi connectivity index (χ0n) is 5.44. The number of halogens is 3. The average Bonchev–Trinajstić information content (AvgIpc) is 1.96. The van der Waals surface area contributed by atoms with Crippen molar-refractivity contribution in [3.63, 3.8) is 0 Å². The van der Waals surface area contributed by atoms with Gasteiger partial charge in [0.1, 0.15) is 12.4 Å². The van der Waals surface area contributed by atoms with E-state index < -0.39 is 6.67 Å². The van der Waals surface area contributed by atoms with Crippen LogP contribution >= 0.6 is 23.2 Å². The number of phenols is 1. The van der Waals surface area contributed by atoms with Gasteiger partial charge in [-0.05, 0) is 12.1 Å². The van der Waals surface area contributed by atoms with Crippen molar-refractivity contribution in [2.45, 2.75) is 6.67 Å². The highest BCUT2D eigenvalue weighted by atomic mass is 35.5. The molecule has 1 aromatic carbocycles. The Bertz CT molecular complexity index is 275. The summed E-state index contributed by atoms with van der Waals surface area (Å²) in [5.41, 5.74) is 0.113. The van der Waals surface area contributed by atoms with Gasteiger partial charge in [0.05, 0.1) is 5.02 Å². The molecule has 0 radical (unpaired) electrons. The van der Waals surface area contributed by atoms with E-state index in [1.54, 1.807) is 0 Å². The maximum Gasteiger partial charge on any atom is 0.140 e. The average molecular weight is 195 g/mol. The predicted molar refractivity (Wildman–Crippen MR) is 42.9 cm³/mol. The van der Waals surface area contributed by atoms with Crippen molar-refractivity contribution >= 4 is 23.2 Å². The molecule has 1 N–H and O–H groups in total. The smallest absolute Gasteiger partial charge is 0.140 e. The Morgan fingerprint density at radius 3 is 2.55 bits per heavy atom. The molecule has 0 heterocycles. The van der Waals surface area contributed by atoms with E-state index >= 15 is 0 Å². The van der Waals surface area contributed by atoms with E-state index in [2.05, 4.69) is 0 Å². The molecule has 1 aromatic rings. The van der Waals surface area contributed by atoms with Gasteiger partial charge in [0.15, 0.2) is 0 Å². The van der Waals surface area contributed by atoms with Gasteiger partial charge in [-0.2, -0.15) is 0 Å². The molecule has 0 aliphatic carbocycles. The third kappa shape index (κ3) is 1.76. The van der Waals surface area contributed by atoms with Crippen molar-refractivity contribution in [3.05, 3.63) is 27.7 Å². The molecule has 0 amide bonds. The van der Waals surface area contributed by atoms with Crippen LogP contribution in [-0.4, -0.2) is 5.11 Å². The summed E-state index contributed by atoms with van der Waals surface area (Å²) >= 11 is 11.0. The third-order valence-corrected chi connectivity index (χ3v) is 1.76. The second-order valence-electron chi connectivity index (χ2n) is 2.03. The Labute approximate surface area is 73.4 Å². The van der Waals surface area contributed by atoms with Crippen LogP contribution in [-0.2, 0) is 6.67 Å². The van der Waals surface area contributed by atoms with Gasteiger partial charge < -0.3 is 5.11 Å². The molecule has 11 heavy (non-hydrogen) atoms. The zero-order chi connectivity index (χ0) is 8.43. The van der Waals surface area contributed by atoms with Gasteiger partial charge in [-0.3, -0.25) is 0 Å². The van der Waals surface area contributed by atoms with Crippen molar-refractivity contribution < 1.29 is 9.50 Å². The number of rotatable bonds is 1. The highest BCUT2D eigenvalue weighted by molar-refractivity contribution is 6.35. The Morgan fingerprint density at radius 2 is 2.00 bits per heavy atom. The molecule has 60 valence electrons. The Balaban J connectivity index is 3.24. The molecule has 0 saturated carbocycles. The molecule has 0 bridgehead atoms. The maximum atomic E-state index is 12.1. The van der Waals surface area contributed by atoms with Crippen LogP contribution in [0.15, 0.2) is 12.1 Å². The topological polar surface area (TPSA) is 20.2 Å². The van der Waals surface area contributed by atoms with Crippen LogP contribution in [0, 0.1) is 0 Å². The maximum absolute atomic E-state index is 12.1. The Morgan fingerprint density at radius 1 is 1.36 bits per heavy atom. The highest BCUT2D eigenvalue weighted by Gasteiger charge is 2.06. The lowest BCUT2D eigenvalue weighted by atomic mass is 10.2. The SMILES string of the molecule is Oc1c(Cl)cc(Cl)cc1CF. The van der Waals surface area contributed by atoms with Gasteiger partial charge in [-0.15, -0.1) is 0 Å². The Hall–Kier alpha value is -0.470. The van der Waals surface area contributed by atoms with Gasteiger partial charge in [-0.25, -0.2) is 4.39 Å². The molecule has 0 fully saturated rings. The first-order chi connectivity index (χ1) is 5.15. The fraction of sp³-hybridized carbons (Fsp3) is 0.143. The van der Waals surface area contributed by atoms with Crippen LogP contribution in [0.25, 0.3) is 0 Å². The molecule has 0 aliphatic rings. The Kier molecular flexibility index (Phi) is 2.58. The van der Waals surface area contributed by atoms with Crippen LogP contribution in [0.3, 0.4) is 0 Å². The lowest BCUT2D eigenvalue weighted by Gasteiger charge is -2.01. The van der Waals surface area contributed by atoms with Gasteiger partial charge in [0.2, 0.25) is 0 Å². The second kappa shape index (κ2) is 3.28. The summed E-state index contributed by atoms with van der Waals surface area (Å²) in [6.07, 6.45) is 0. The standard InChI is InChI=1S/C7H5Cl2FO/c8-5-1-4(3-10)7(11)6(9)2-5/h1-2,11H,3H2. The van der Waals surface area contributed by atoms with Crippen molar-refractivity contribution in [1.82, 2.24) is 0 Å². The van der Waals surface area contributed by atoms with E-state index in [0.717, 1.165) is 0 Å². The number of hydrogen-bond donors (Lipinski definition) is 1. The van der Waals surface area contributed by atoms with Gasteiger partial charge >= 0.3 is 0 Å². The predicted octanol–water partition coefficient (Wildman–Crippen LogP) is 3.17. The third-order valence-electron chi connectivity index (χ3n) is 1.25. The monoisotopic (exact) mass is 194 g/mol. The summed E-state index contributed by atoms with van der Waals surface area (Å²) < 4.78 is 12.1. The number of benzene rings is 1. The zero-order valence-corrected chi connectivity index (χ0v) is 6.95. The molecule has 1 nitrogen and oxygen atoms in total. The van der Waals surface area contributed by atoms with Crippen molar-refractivity contribution in [3.8, 4) is 5.75 Å². The molecular weight excluding hydrogens is 190 g/mol. The summed E-state index contributed by atoms with van der Waals surface area (Å²) in [5, 5.41) is 9.49. The van der Waals surface area contributed by atoms with E-state index in [9.17, 15) is 4.39 Å². The largest absolute Gasteiger partial charge is 0.506 e. The summed E-state index contributed by atoms with van der Waals surface area (Å²) in [6, 6.07) is 2.69. The summed E-state index contributed by atoms with van der Waals surface area (Å²) in [6.45, 7) is -0.772. The summed E-state index contributed by atoms with van der Waals surface area (Å²) in [7, 11) is 0. The molecule has 0 unspecified atom stereocenters. The van der Waals surface area contributed by atoms with Crippen LogP contribution in [0.4, 0.5) is 4.39 Å². The van der Waals surface area contributed by atoms with Crippen molar-refractivity contribution in [2.75, 3.05) is 0 Å². The number of aromatic hydroxyl groups is 1.